The first kappa shape index (κ1) is 28.4. The van der Waals surface area contributed by atoms with Crippen molar-refractivity contribution < 1.29 is 28.4 Å². The molecule has 0 saturated carbocycles. The van der Waals surface area contributed by atoms with Gasteiger partial charge in [-0.2, -0.15) is 0 Å². The average Bonchev–Trinajstić information content (AvgIpc) is 3.27. The van der Waals surface area contributed by atoms with E-state index in [-0.39, 0.29) is 37.0 Å². The van der Waals surface area contributed by atoms with E-state index in [4.69, 9.17) is 25.6 Å². The van der Waals surface area contributed by atoms with Crippen molar-refractivity contribution in [2.75, 3.05) is 24.3 Å². The number of anilines is 2. The molecular weight excluding hydrogens is 550 g/mol. The summed E-state index contributed by atoms with van der Waals surface area (Å²) in [7, 11) is 1.74. The van der Waals surface area contributed by atoms with E-state index in [1.54, 1.807) is 56.1 Å². The smallest absolute Gasteiger partial charge is 0.323 e. The van der Waals surface area contributed by atoms with Crippen LogP contribution >= 0.6 is 11.6 Å². The monoisotopic (exact) mass is 581 g/mol. The summed E-state index contributed by atoms with van der Waals surface area (Å²) in [5.41, 5.74) is 2.78. The Kier molecular flexibility index (Phi) is 8.46. The van der Waals surface area contributed by atoms with Gasteiger partial charge in [0.05, 0.1) is 24.1 Å². The molecule has 4 amide bonds. The van der Waals surface area contributed by atoms with Crippen LogP contribution in [0, 0.1) is 13.8 Å². The van der Waals surface area contributed by atoms with Gasteiger partial charge in [-0.15, -0.1) is 0 Å². The summed E-state index contributed by atoms with van der Waals surface area (Å²) in [5.74, 6) is 0.533. The van der Waals surface area contributed by atoms with E-state index in [0.717, 1.165) is 5.56 Å². The number of aromatic nitrogens is 1. The van der Waals surface area contributed by atoms with Gasteiger partial charge in [-0.1, -0.05) is 28.9 Å². The van der Waals surface area contributed by atoms with Crippen molar-refractivity contribution in [1.29, 1.82) is 0 Å². The lowest BCUT2D eigenvalue weighted by molar-refractivity contribution is -0.134. The molecule has 1 fully saturated rings. The van der Waals surface area contributed by atoms with Crippen LogP contribution in [-0.4, -0.2) is 59.8 Å². The Morgan fingerprint density at radius 3 is 2.61 bits per heavy atom. The molecule has 12 heteroatoms. The molecule has 0 spiro atoms. The van der Waals surface area contributed by atoms with Crippen LogP contribution in [0.3, 0.4) is 0 Å². The Bertz CT molecular complexity index is 1420. The Morgan fingerprint density at radius 2 is 1.88 bits per heavy atom. The van der Waals surface area contributed by atoms with Crippen LogP contribution < -0.4 is 20.7 Å². The number of carbonyl (C=O) groups excluding carboxylic acids is 3. The molecule has 1 aromatic heterocycles. The maximum absolute atomic E-state index is 13.5. The lowest BCUT2D eigenvalue weighted by Crippen LogP contribution is -2.53. The van der Waals surface area contributed by atoms with Gasteiger partial charge >= 0.3 is 6.03 Å². The number of rotatable bonds is 6. The lowest BCUT2D eigenvalue weighted by atomic mass is 9.94. The van der Waals surface area contributed by atoms with Gasteiger partial charge < -0.3 is 34.8 Å². The van der Waals surface area contributed by atoms with Crippen LogP contribution in [0.5, 0.6) is 5.75 Å². The number of halogens is 1. The van der Waals surface area contributed by atoms with Gasteiger partial charge in [0.1, 0.15) is 29.8 Å². The number of aryl methyl sites for hydroxylation is 2. The first-order valence-corrected chi connectivity index (χ1v) is 13.8. The standard InChI is InChI=1S/C29H32ClN5O6/c1-16-27(17(2)41-34-16)33-29(38)32-20-8-11-24-22(12-20)28(37)35(3)23-10-9-21(40-25(23)15-39-24)13-26(36)31-14-18-4-6-19(30)7-5-18/h4-8,11-12,21,23,25H,9-10,13-15H2,1-3H3,(H,31,36)(H2,32,33,38)/t21-,23-,25-/m1/s1. The van der Waals surface area contributed by atoms with Gasteiger partial charge in [-0.25, -0.2) is 4.79 Å². The number of hydrogen-bond acceptors (Lipinski definition) is 7. The molecule has 3 N–H and O–H groups in total. The Morgan fingerprint density at radius 1 is 1.10 bits per heavy atom. The van der Waals surface area contributed by atoms with E-state index in [0.29, 0.717) is 58.6 Å². The summed E-state index contributed by atoms with van der Waals surface area (Å²) in [6, 6.07) is 11.5. The Balaban J connectivity index is 1.20. The van der Waals surface area contributed by atoms with Gasteiger partial charge in [-0.05, 0) is 62.6 Å². The second kappa shape index (κ2) is 12.2. The molecule has 2 aromatic carbocycles. The number of benzene rings is 2. The summed E-state index contributed by atoms with van der Waals surface area (Å²) < 4.78 is 17.4. The van der Waals surface area contributed by atoms with Crippen molar-refractivity contribution in [3.8, 4) is 5.75 Å². The van der Waals surface area contributed by atoms with Crippen LogP contribution in [0.15, 0.2) is 47.0 Å². The zero-order chi connectivity index (χ0) is 29.1. The maximum atomic E-state index is 13.5. The van der Waals surface area contributed by atoms with Crippen molar-refractivity contribution in [1.82, 2.24) is 15.4 Å². The van der Waals surface area contributed by atoms with Gasteiger partial charge in [0.15, 0.2) is 5.76 Å². The van der Waals surface area contributed by atoms with Gasteiger partial charge in [-0.3, -0.25) is 9.59 Å². The van der Waals surface area contributed by atoms with Crippen molar-refractivity contribution in [3.63, 3.8) is 0 Å². The largest absolute Gasteiger partial charge is 0.490 e. The number of nitrogens with one attached hydrogen (secondary N) is 3. The molecule has 0 radical (unpaired) electrons. The van der Waals surface area contributed by atoms with Crippen LogP contribution in [0.4, 0.5) is 16.2 Å². The summed E-state index contributed by atoms with van der Waals surface area (Å²) in [5, 5.41) is 12.9. The maximum Gasteiger partial charge on any atom is 0.323 e. The van der Waals surface area contributed by atoms with E-state index < -0.39 is 12.1 Å². The van der Waals surface area contributed by atoms with Crippen LogP contribution in [0.25, 0.3) is 0 Å². The molecule has 2 aliphatic heterocycles. The predicted octanol–water partition coefficient (Wildman–Crippen LogP) is 4.68. The normalized spacial score (nSPS) is 20.1. The molecule has 5 rings (SSSR count). The zero-order valence-electron chi connectivity index (χ0n) is 23.0. The second-order valence-electron chi connectivity index (χ2n) is 10.3. The van der Waals surface area contributed by atoms with Crippen molar-refractivity contribution in [3.05, 3.63) is 70.1 Å². The highest BCUT2D eigenvalue weighted by Crippen LogP contribution is 2.32. The number of nitrogens with zero attached hydrogens (tertiary/aromatic N) is 2. The summed E-state index contributed by atoms with van der Waals surface area (Å²) >= 11 is 5.92. The van der Waals surface area contributed by atoms with Gasteiger partial charge in [0.2, 0.25) is 5.91 Å². The third kappa shape index (κ3) is 6.63. The molecule has 216 valence electrons. The summed E-state index contributed by atoms with van der Waals surface area (Å²) in [6.45, 7) is 4.06. The molecule has 1 saturated heterocycles. The number of carbonyl (C=O) groups is 3. The number of fused-ring (bicyclic) bond motifs is 2. The van der Waals surface area contributed by atoms with E-state index in [1.165, 1.54) is 0 Å². The average molecular weight is 582 g/mol. The second-order valence-corrected chi connectivity index (χ2v) is 10.7. The molecule has 3 atom stereocenters. The molecule has 3 heterocycles. The molecule has 0 aliphatic carbocycles. The van der Waals surface area contributed by atoms with E-state index >= 15 is 0 Å². The molecule has 11 nitrogen and oxygen atoms in total. The van der Waals surface area contributed by atoms with Gasteiger partial charge in [0, 0.05) is 24.3 Å². The van der Waals surface area contributed by atoms with E-state index in [9.17, 15) is 14.4 Å². The Hall–Kier alpha value is -4.09. The quantitative estimate of drug-likeness (QED) is 0.385. The van der Waals surface area contributed by atoms with Gasteiger partial charge in [0.25, 0.3) is 5.91 Å². The lowest BCUT2D eigenvalue weighted by Gasteiger charge is -2.42. The highest BCUT2D eigenvalue weighted by molar-refractivity contribution is 6.30. The zero-order valence-corrected chi connectivity index (χ0v) is 23.8. The topological polar surface area (TPSA) is 135 Å². The third-order valence-corrected chi connectivity index (χ3v) is 7.61. The van der Waals surface area contributed by atoms with Crippen molar-refractivity contribution in [2.45, 2.75) is 57.9 Å². The molecular formula is C29H32ClN5O6. The fraction of sp³-hybridized carbons (Fsp3) is 0.379. The molecule has 0 bridgehead atoms. The number of urea groups is 1. The first-order valence-electron chi connectivity index (χ1n) is 13.4. The minimum atomic E-state index is -0.490. The fourth-order valence-electron chi connectivity index (χ4n) is 5.12. The molecule has 41 heavy (non-hydrogen) atoms. The van der Waals surface area contributed by atoms with Crippen LogP contribution in [-0.2, 0) is 16.1 Å². The fourth-order valence-corrected chi connectivity index (χ4v) is 5.25. The predicted molar refractivity (Wildman–Crippen MR) is 152 cm³/mol. The van der Waals surface area contributed by atoms with Crippen molar-refractivity contribution in [2.24, 2.45) is 0 Å². The number of likely N-dealkylation sites (N-methyl/N-ethyl adjacent to an activating group) is 1. The minimum Gasteiger partial charge on any atom is -0.490 e. The molecule has 0 unspecified atom stereocenters. The van der Waals surface area contributed by atoms with Crippen LogP contribution in [0.2, 0.25) is 5.02 Å². The number of ether oxygens (including phenoxy) is 2. The SMILES string of the molecule is Cc1noc(C)c1NC(=O)Nc1ccc2c(c1)C(=O)N(C)[C@@H]1CC[C@H](CC(=O)NCc3ccc(Cl)cc3)O[C@@H]1CO2. The van der Waals surface area contributed by atoms with E-state index in [1.807, 2.05) is 12.1 Å². The van der Waals surface area contributed by atoms with Crippen molar-refractivity contribution >= 4 is 40.8 Å². The van der Waals surface area contributed by atoms with Crippen LogP contribution in [0.1, 0.15) is 46.6 Å². The number of amides is 4. The van der Waals surface area contributed by atoms with E-state index in [2.05, 4.69) is 21.1 Å². The number of hydrogen-bond donors (Lipinski definition) is 3. The summed E-state index contributed by atoms with van der Waals surface area (Å²) in [4.78, 5) is 40.3. The third-order valence-electron chi connectivity index (χ3n) is 7.36. The highest BCUT2D eigenvalue weighted by atomic mass is 35.5. The first-order chi connectivity index (χ1) is 19.7. The minimum absolute atomic E-state index is 0.108. The molecule has 2 aliphatic rings. The Labute approximate surface area is 242 Å². The highest BCUT2D eigenvalue weighted by Gasteiger charge is 2.39. The molecule has 3 aromatic rings. The summed E-state index contributed by atoms with van der Waals surface area (Å²) in [6.07, 6.45) is 0.840.